The lowest BCUT2D eigenvalue weighted by molar-refractivity contribution is -0.126. The van der Waals surface area contributed by atoms with Gasteiger partial charge in [0.05, 0.1) is 0 Å². The molecule has 1 heterocycles. The molecule has 4 heteroatoms. The van der Waals surface area contributed by atoms with Crippen molar-refractivity contribution in [3.05, 3.63) is 0 Å². The Morgan fingerprint density at radius 1 is 1.53 bits per heavy atom. The average molecular weight is 242 g/mol. The first-order valence-corrected chi connectivity index (χ1v) is 6.56. The van der Waals surface area contributed by atoms with E-state index < -0.39 is 0 Å². The maximum atomic E-state index is 12.0. The highest BCUT2D eigenvalue weighted by Crippen LogP contribution is 2.20. The van der Waals surface area contributed by atoms with Gasteiger partial charge in [0.2, 0.25) is 5.91 Å². The molecule has 1 rings (SSSR count). The maximum absolute atomic E-state index is 12.0. The van der Waals surface area contributed by atoms with Gasteiger partial charge < -0.3 is 15.7 Å². The van der Waals surface area contributed by atoms with Crippen LogP contribution in [0.3, 0.4) is 0 Å². The van der Waals surface area contributed by atoms with Crippen LogP contribution in [0.25, 0.3) is 0 Å². The van der Waals surface area contributed by atoms with E-state index in [9.17, 15) is 4.79 Å². The highest BCUT2D eigenvalue weighted by Gasteiger charge is 2.26. The molecule has 2 atom stereocenters. The molecule has 0 aromatic rings. The Morgan fingerprint density at radius 2 is 2.24 bits per heavy atom. The molecule has 3 N–H and O–H groups in total. The molecule has 1 aliphatic heterocycles. The molecule has 0 spiro atoms. The van der Waals surface area contributed by atoms with Crippen LogP contribution in [-0.4, -0.2) is 36.8 Å². The van der Waals surface area contributed by atoms with Crippen LogP contribution in [0, 0.1) is 11.3 Å². The Bertz CT molecular complexity index is 254. The number of aliphatic hydroxyl groups is 1. The number of amides is 1. The topological polar surface area (TPSA) is 61.4 Å². The molecule has 0 aromatic carbocycles. The summed E-state index contributed by atoms with van der Waals surface area (Å²) in [6.07, 6.45) is 2.57. The van der Waals surface area contributed by atoms with Crippen LogP contribution in [0.2, 0.25) is 0 Å². The van der Waals surface area contributed by atoms with Gasteiger partial charge in [-0.2, -0.15) is 0 Å². The van der Waals surface area contributed by atoms with E-state index >= 15 is 0 Å². The quantitative estimate of drug-likeness (QED) is 0.671. The Morgan fingerprint density at radius 3 is 2.82 bits per heavy atom. The van der Waals surface area contributed by atoms with Crippen molar-refractivity contribution in [1.29, 1.82) is 0 Å². The van der Waals surface area contributed by atoms with Crippen LogP contribution in [-0.2, 0) is 4.79 Å². The van der Waals surface area contributed by atoms with Crippen molar-refractivity contribution in [3.63, 3.8) is 0 Å². The first-order valence-electron chi connectivity index (χ1n) is 6.56. The number of carbonyl (C=O) groups is 1. The van der Waals surface area contributed by atoms with Crippen molar-refractivity contribution >= 4 is 5.91 Å². The minimum Gasteiger partial charge on any atom is -0.396 e. The summed E-state index contributed by atoms with van der Waals surface area (Å²) in [4.78, 5) is 12.0. The molecule has 100 valence electrons. The molecule has 1 saturated heterocycles. The number of rotatable bonds is 5. The highest BCUT2D eigenvalue weighted by molar-refractivity contribution is 5.78. The van der Waals surface area contributed by atoms with Crippen molar-refractivity contribution in [2.24, 2.45) is 11.3 Å². The second-order valence-corrected chi connectivity index (χ2v) is 5.93. The first kappa shape index (κ1) is 14.5. The van der Waals surface area contributed by atoms with Crippen LogP contribution in [0.5, 0.6) is 0 Å². The molecule has 0 bridgehead atoms. The summed E-state index contributed by atoms with van der Waals surface area (Å²) in [6, 6.07) is 0.435. The Balaban J connectivity index is 2.33. The summed E-state index contributed by atoms with van der Waals surface area (Å²) in [7, 11) is 0. The van der Waals surface area contributed by atoms with Crippen LogP contribution in [0.4, 0.5) is 0 Å². The number of aliphatic hydroxyl groups excluding tert-OH is 1. The molecule has 1 aliphatic rings. The number of hydrogen-bond acceptors (Lipinski definition) is 3. The molecule has 1 amide bonds. The van der Waals surface area contributed by atoms with E-state index in [2.05, 4.69) is 31.4 Å². The van der Waals surface area contributed by atoms with Crippen molar-refractivity contribution in [1.82, 2.24) is 10.6 Å². The smallest absolute Gasteiger partial charge is 0.223 e. The summed E-state index contributed by atoms with van der Waals surface area (Å²) in [5, 5.41) is 15.3. The summed E-state index contributed by atoms with van der Waals surface area (Å²) in [5.74, 6) is 0.320. The standard InChI is InChI=1S/C13H26N2O2/c1-10-8-11(4-6-14-10)12(17)15-9-13(2,3)5-7-16/h10-11,14,16H,4-9H2,1-3H3,(H,15,17). The van der Waals surface area contributed by atoms with Crippen LogP contribution >= 0.6 is 0 Å². The molecule has 2 unspecified atom stereocenters. The summed E-state index contributed by atoms with van der Waals surface area (Å²) in [6.45, 7) is 8.00. The number of piperidine rings is 1. The van der Waals surface area contributed by atoms with Gasteiger partial charge in [-0.05, 0) is 38.1 Å². The third kappa shape index (κ3) is 5.04. The molecular formula is C13H26N2O2. The Labute approximate surface area is 104 Å². The van der Waals surface area contributed by atoms with Crippen molar-refractivity contribution in [2.75, 3.05) is 19.7 Å². The molecule has 0 aliphatic carbocycles. The lowest BCUT2D eigenvalue weighted by Crippen LogP contribution is -2.44. The monoisotopic (exact) mass is 242 g/mol. The third-order valence-electron chi connectivity index (χ3n) is 3.52. The summed E-state index contributed by atoms with van der Waals surface area (Å²) >= 11 is 0. The molecule has 0 saturated carbocycles. The van der Waals surface area contributed by atoms with Gasteiger partial charge in [-0.1, -0.05) is 13.8 Å². The summed E-state index contributed by atoms with van der Waals surface area (Å²) < 4.78 is 0. The Hall–Kier alpha value is -0.610. The lowest BCUT2D eigenvalue weighted by Gasteiger charge is -2.29. The van der Waals surface area contributed by atoms with Crippen molar-refractivity contribution in [3.8, 4) is 0 Å². The summed E-state index contributed by atoms with van der Waals surface area (Å²) in [5.41, 5.74) is -0.0249. The van der Waals surface area contributed by atoms with Gasteiger partial charge in [0.25, 0.3) is 0 Å². The van der Waals surface area contributed by atoms with Gasteiger partial charge in [0, 0.05) is 25.1 Å². The van der Waals surface area contributed by atoms with Crippen molar-refractivity contribution in [2.45, 2.75) is 46.1 Å². The predicted octanol–water partition coefficient (Wildman–Crippen LogP) is 0.899. The highest BCUT2D eigenvalue weighted by atomic mass is 16.3. The molecule has 0 radical (unpaired) electrons. The minimum absolute atomic E-state index is 0.0249. The van der Waals surface area contributed by atoms with E-state index in [0.29, 0.717) is 12.6 Å². The number of hydrogen-bond donors (Lipinski definition) is 3. The van der Waals surface area contributed by atoms with Gasteiger partial charge in [-0.3, -0.25) is 4.79 Å². The average Bonchev–Trinajstić information content (AvgIpc) is 2.26. The van der Waals surface area contributed by atoms with E-state index in [4.69, 9.17) is 5.11 Å². The SMILES string of the molecule is CC1CC(C(=O)NCC(C)(C)CCO)CCN1. The normalized spacial score (nSPS) is 25.6. The second kappa shape index (κ2) is 6.36. The van der Waals surface area contributed by atoms with Gasteiger partial charge in [0.1, 0.15) is 0 Å². The van der Waals surface area contributed by atoms with Gasteiger partial charge in [-0.15, -0.1) is 0 Å². The van der Waals surface area contributed by atoms with Crippen molar-refractivity contribution < 1.29 is 9.90 Å². The van der Waals surface area contributed by atoms with E-state index in [-0.39, 0.29) is 23.8 Å². The van der Waals surface area contributed by atoms with E-state index in [1.165, 1.54) is 0 Å². The zero-order valence-electron chi connectivity index (χ0n) is 11.3. The number of carbonyl (C=O) groups excluding carboxylic acids is 1. The Kier molecular flexibility index (Phi) is 5.40. The van der Waals surface area contributed by atoms with E-state index in [0.717, 1.165) is 25.8 Å². The van der Waals surface area contributed by atoms with Crippen LogP contribution in [0.15, 0.2) is 0 Å². The predicted molar refractivity (Wildman–Crippen MR) is 68.7 cm³/mol. The minimum atomic E-state index is -0.0249. The van der Waals surface area contributed by atoms with Gasteiger partial charge in [-0.25, -0.2) is 0 Å². The zero-order valence-corrected chi connectivity index (χ0v) is 11.3. The molecule has 4 nitrogen and oxygen atoms in total. The number of nitrogens with one attached hydrogen (secondary N) is 2. The van der Waals surface area contributed by atoms with E-state index in [1.807, 2.05) is 0 Å². The molecular weight excluding hydrogens is 216 g/mol. The molecule has 0 aromatic heterocycles. The van der Waals surface area contributed by atoms with E-state index in [1.54, 1.807) is 0 Å². The van der Waals surface area contributed by atoms with Crippen LogP contribution < -0.4 is 10.6 Å². The second-order valence-electron chi connectivity index (χ2n) is 5.93. The molecule has 17 heavy (non-hydrogen) atoms. The largest absolute Gasteiger partial charge is 0.396 e. The maximum Gasteiger partial charge on any atom is 0.223 e. The fraction of sp³-hybridized carbons (Fsp3) is 0.923. The fourth-order valence-corrected chi connectivity index (χ4v) is 2.23. The fourth-order valence-electron chi connectivity index (χ4n) is 2.23. The van der Waals surface area contributed by atoms with Crippen LogP contribution in [0.1, 0.15) is 40.0 Å². The first-order chi connectivity index (χ1) is 7.94. The van der Waals surface area contributed by atoms with Gasteiger partial charge >= 0.3 is 0 Å². The van der Waals surface area contributed by atoms with Gasteiger partial charge in [0.15, 0.2) is 0 Å². The lowest BCUT2D eigenvalue weighted by atomic mass is 9.88. The zero-order chi connectivity index (χ0) is 12.9. The third-order valence-corrected chi connectivity index (χ3v) is 3.52. The molecule has 1 fully saturated rings.